The third kappa shape index (κ3) is 1.88. The quantitative estimate of drug-likeness (QED) is 0.654. The van der Waals surface area contributed by atoms with Crippen molar-refractivity contribution >= 4 is 17.3 Å². The third-order valence-electron chi connectivity index (χ3n) is 2.83. The number of nitrogens with one attached hydrogen (secondary N) is 1. The van der Waals surface area contributed by atoms with Gasteiger partial charge >= 0.3 is 0 Å². The summed E-state index contributed by atoms with van der Waals surface area (Å²) in [5.41, 5.74) is -2.18. The lowest BCUT2D eigenvalue weighted by Gasteiger charge is -2.09. The minimum Gasteiger partial charge on any atom is -0.317 e. The Morgan fingerprint density at radius 3 is 2.72 bits per heavy atom. The van der Waals surface area contributed by atoms with Crippen LogP contribution in [0.2, 0.25) is 0 Å². The Labute approximate surface area is 101 Å². The number of halogens is 1. The Morgan fingerprint density at radius 1 is 1.56 bits per heavy atom. The fourth-order valence-corrected chi connectivity index (χ4v) is 1.54. The van der Waals surface area contributed by atoms with Crippen LogP contribution >= 0.6 is 0 Å². The van der Waals surface area contributed by atoms with Crippen molar-refractivity contribution in [1.29, 1.82) is 5.26 Å². The lowest BCUT2D eigenvalue weighted by Crippen LogP contribution is -2.23. The van der Waals surface area contributed by atoms with Gasteiger partial charge < -0.3 is 5.32 Å². The summed E-state index contributed by atoms with van der Waals surface area (Å²) in [6, 6.07) is 5.11. The molecule has 0 aromatic heterocycles. The third-order valence-corrected chi connectivity index (χ3v) is 2.83. The van der Waals surface area contributed by atoms with E-state index in [-0.39, 0.29) is 0 Å². The SMILES string of the molecule is N#CC1(C(=O)Nc2c(F)cccc2[N+](=O)[O-])CC1. The van der Waals surface area contributed by atoms with Crippen LogP contribution in [0.25, 0.3) is 0 Å². The highest BCUT2D eigenvalue weighted by atomic mass is 19.1. The number of carbonyl (C=O) groups excluding carboxylic acids is 1. The lowest BCUT2D eigenvalue weighted by atomic mass is 10.1. The maximum absolute atomic E-state index is 13.5. The minimum absolute atomic E-state index is 0.386. The number of para-hydroxylation sites is 1. The predicted molar refractivity (Wildman–Crippen MR) is 59.0 cm³/mol. The Balaban J connectivity index is 2.32. The highest BCUT2D eigenvalue weighted by Gasteiger charge is 2.51. The molecule has 0 unspecified atom stereocenters. The van der Waals surface area contributed by atoms with Crippen LogP contribution in [0.1, 0.15) is 12.8 Å². The van der Waals surface area contributed by atoms with Gasteiger partial charge in [0.15, 0.2) is 11.5 Å². The van der Waals surface area contributed by atoms with E-state index in [1.54, 1.807) is 0 Å². The maximum Gasteiger partial charge on any atom is 0.295 e. The fourth-order valence-electron chi connectivity index (χ4n) is 1.54. The Kier molecular flexibility index (Phi) is 2.71. The van der Waals surface area contributed by atoms with E-state index >= 15 is 0 Å². The highest BCUT2D eigenvalue weighted by Crippen LogP contribution is 2.46. The van der Waals surface area contributed by atoms with Gasteiger partial charge in [-0.2, -0.15) is 5.26 Å². The van der Waals surface area contributed by atoms with Crippen LogP contribution in [-0.4, -0.2) is 10.8 Å². The zero-order valence-corrected chi connectivity index (χ0v) is 9.14. The molecule has 0 aliphatic heterocycles. The van der Waals surface area contributed by atoms with Crippen LogP contribution in [0.15, 0.2) is 18.2 Å². The molecule has 1 saturated carbocycles. The number of nitriles is 1. The van der Waals surface area contributed by atoms with Gasteiger partial charge in [0, 0.05) is 6.07 Å². The van der Waals surface area contributed by atoms with E-state index in [2.05, 4.69) is 5.32 Å². The molecule has 1 amide bonds. The van der Waals surface area contributed by atoms with E-state index in [0.717, 1.165) is 12.1 Å². The van der Waals surface area contributed by atoms with Crippen molar-refractivity contribution in [1.82, 2.24) is 0 Å². The summed E-state index contributed by atoms with van der Waals surface area (Å²) >= 11 is 0. The van der Waals surface area contributed by atoms with Gasteiger partial charge in [-0.05, 0) is 18.9 Å². The zero-order chi connectivity index (χ0) is 13.3. The molecule has 6 nitrogen and oxygen atoms in total. The molecule has 1 aliphatic carbocycles. The normalized spacial score (nSPS) is 15.6. The number of rotatable bonds is 3. The molecule has 1 aliphatic rings. The van der Waals surface area contributed by atoms with Crippen molar-refractivity contribution in [3.63, 3.8) is 0 Å². The molecule has 7 heteroatoms. The van der Waals surface area contributed by atoms with Crippen LogP contribution in [0.4, 0.5) is 15.8 Å². The topological polar surface area (TPSA) is 96.0 Å². The smallest absolute Gasteiger partial charge is 0.295 e. The van der Waals surface area contributed by atoms with Crippen molar-refractivity contribution in [2.75, 3.05) is 5.32 Å². The summed E-state index contributed by atoms with van der Waals surface area (Å²) in [4.78, 5) is 21.7. The molecule has 0 radical (unpaired) electrons. The first-order valence-electron chi connectivity index (χ1n) is 5.16. The van der Waals surface area contributed by atoms with E-state index in [1.165, 1.54) is 6.07 Å². The van der Waals surface area contributed by atoms with Gasteiger partial charge in [0.1, 0.15) is 5.41 Å². The van der Waals surface area contributed by atoms with Crippen LogP contribution in [0.5, 0.6) is 0 Å². The number of hydrogen-bond acceptors (Lipinski definition) is 4. The van der Waals surface area contributed by atoms with E-state index < -0.39 is 33.4 Å². The van der Waals surface area contributed by atoms with Gasteiger partial charge in [-0.1, -0.05) is 6.07 Å². The molecule has 1 fully saturated rings. The first-order chi connectivity index (χ1) is 8.50. The van der Waals surface area contributed by atoms with Gasteiger partial charge in [-0.3, -0.25) is 14.9 Å². The summed E-state index contributed by atoms with van der Waals surface area (Å²) in [6.07, 6.45) is 0.773. The number of nitrogens with zero attached hydrogens (tertiary/aromatic N) is 2. The molecule has 0 spiro atoms. The van der Waals surface area contributed by atoms with Gasteiger partial charge in [-0.25, -0.2) is 4.39 Å². The summed E-state index contributed by atoms with van der Waals surface area (Å²) in [7, 11) is 0. The number of amides is 1. The second-order valence-electron chi connectivity index (χ2n) is 4.04. The van der Waals surface area contributed by atoms with Crippen LogP contribution in [-0.2, 0) is 4.79 Å². The van der Waals surface area contributed by atoms with Crippen molar-refractivity contribution in [2.45, 2.75) is 12.8 Å². The lowest BCUT2D eigenvalue weighted by molar-refractivity contribution is -0.384. The molecule has 0 saturated heterocycles. The molecule has 0 heterocycles. The number of nitro benzene ring substituents is 1. The molecule has 1 aromatic carbocycles. The summed E-state index contributed by atoms with van der Waals surface area (Å²) < 4.78 is 13.5. The highest BCUT2D eigenvalue weighted by molar-refractivity contribution is 6.00. The van der Waals surface area contributed by atoms with Gasteiger partial charge in [-0.15, -0.1) is 0 Å². The summed E-state index contributed by atoms with van der Waals surface area (Å²) in [5.74, 6) is -1.59. The first-order valence-corrected chi connectivity index (χ1v) is 5.16. The van der Waals surface area contributed by atoms with Crippen LogP contribution < -0.4 is 5.32 Å². The second-order valence-corrected chi connectivity index (χ2v) is 4.04. The van der Waals surface area contributed by atoms with Crippen molar-refractivity contribution < 1.29 is 14.1 Å². The largest absolute Gasteiger partial charge is 0.317 e. The fraction of sp³-hybridized carbons (Fsp3) is 0.273. The predicted octanol–water partition coefficient (Wildman–Crippen LogP) is 1.98. The monoisotopic (exact) mass is 249 g/mol. The molecule has 92 valence electrons. The molecule has 18 heavy (non-hydrogen) atoms. The molecular formula is C11H8FN3O3. The average molecular weight is 249 g/mol. The number of nitro groups is 1. The number of carbonyl (C=O) groups is 1. The first kappa shape index (κ1) is 12.0. The van der Waals surface area contributed by atoms with Crippen molar-refractivity contribution in [3.8, 4) is 6.07 Å². The van der Waals surface area contributed by atoms with E-state index in [9.17, 15) is 19.3 Å². The van der Waals surface area contributed by atoms with Gasteiger partial charge in [0.05, 0.1) is 11.0 Å². The number of hydrogen-bond donors (Lipinski definition) is 1. The number of anilines is 1. The van der Waals surface area contributed by atoms with E-state index in [4.69, 9.17) is 5.26 Å². The van der Waals surface area contributed by atoms with Crippen LogP contribution in [0, 0.1) is 32.7 Å². The van der Waals surface area contributed by atoms with E-state index in [0.29, 0.717) is 12.8 Å². The van der Waals surface area contributed by atoms with Crippen LogP contribution in [0.3, 0.4) is 0 Å². The molecule has 1 N–H and O–H groups in total. The van der Waals surface area contributed by atoms with E-state index in [1.807, 2.05) is 6.07 Å². The van der Waals surface area contributed by atoms with Crippen molar-refractivity contribution in [2.24, 2.45) is 5.41 Å². The van der Waals surface area contributed by atoms with Crippen molar-refractivity contribution in [3.05, 3.63) is 34.1 Å². The summed E-state index contributed by atoms with van der Waals surface area (Å²) in [6.45, 7) is 0. The maximum atomic E-state index is 13.5. The average Bonchev–Trinajstić information content (AvgIpc) is 3.12. The minimum atomic E-state index is -1.16. The molecule has 2 rings (SSSR count). The zero-order valence-electron chi connectivity index (χ0n) is 9.14. The van der Waals surface area contributed by atoms with Gasteiger partial charge in [0.2, 0.25) is 5.91 Å². The molecule has 0 bridgehead atoms. The molecular weight excluding hydrogens is 241 g/mol. The molecule has 0 atom stereocenters. The molecule has 1 aromatic rings. The van der Waals surface area contributed by atoms with Gasteiger partial charge in [0.25, 0.3) is 5.69 Å². The standard InChI is InChI=1S/C11H8FN3O3/c12-7-2-1-3-8(15(17)18)9(7)14-10(16)11(6-13)4-5-11/h1-3H,4-5H2,(H,14,16). The second kappa shape index (κ2) is 4.07. The number of benzene rings is 1. The Hall–Kier alpha value is -2.49. The Morgan fingerprint density at radius 2 is 2.22 bits per heavy atom. The Bertz CT molecular complexity index is 575. The summed E-state index contributed by atoms with van der Waals surface area (Å²) in [5, 5.41) is 21.7.